The maximum absolute atomic E-state index is 14.0. The van der Waals surface area contributed by atoms with Gasteiger partial charge >= 0.3 is 0 Å². The number of hydrogen-bond donors (Lipinski definition) is 0. The van der Waals surface area contributed by atoms with E-state index in [1.54, 1.807) is 4.90 Å². The van der Waals surface area contributed by atoms with E-state index in [0.717, 1.165) is 52.3 Å². The molecule has 0 spiro atoms. The van der Waals surface area contributed by atoms with Crippen molar-refractivity contribution in [1.82, 2.24) is 14.8 Å². The zero-order valence-corrected chi connectivity index (χ0v) is 21.8. The summed E-state index contributed by atoms with van der Waals surface area (Å²) in [6, 6.07) is 20.3. The van der Waals surface area contributed by atoms with Gasteiger partial charge in [0, 0.05) is 22.9 Å². The molecule has 1 aliphatic rings. The maximum atomic E-state index is 14.0. The zero-order chi connectivity index (χ0) is 24.6. The molecule has 1 atom stereocenters. The summed E-state index contributed by atoms with van der Waals surface area (Å²) in [5.74, 6) is -0.0458. The molecule has 1 unspecified atom stereocenters. The summed E-state index contributed by atoms with van der Waals surface area (Å²) in [4.78, 5) is 22.3. The predicted molar refractivity (Wildman–Crippen MR) is 147 cm³/mol. The van der Waals surface area contributed by atoms with E-state index in [2.05, 4.69) is 31.2 Å². The quantitative estimate of drug-likeness (QED) is 0.254. The number of fused-ring (bicyclic) bond motifs is 1. The van der Waals surface area contributed by atoms with E-state index in [4.69, 9.17) is 14.8 Å². The molecule has 0 N–H and O–H groups in total. The Balaban J connectivity index is 1.36. The van der Waals surface area contributed by atoms with Gasteiger partial charge in [-0.05, 0) is 44.9 Å². The van der Waals surface area contributed by atoms with Gasteiger partial charge in [-0.3, -0.25) is 9.69 Å². The van der Waals surface area contributed by atoms with Crippen molar-refractivity contribution >= 4 is 43.9 Å². The Morgan fingerprint density at radius 2 is 1.94 bits per heavy atom. The first-order valence-corrected chi connectivity index (χ1v) is 13.8. The van der Waals surface area contributed by atoms with Crippen LogP contribution in [0.2, 0.25) is 0 Å². The normalized spacial score (nSPS) is 15.6. The van der Waals surface area contributed by atoms with Crippen LogP contribution in [0.5, 0.6) is 0 Å². The van der Waals surface area contributed by atoms with Crippen molar-refractivity contribution < 1.29 is 9.53 Å². The SMILES string of the molecule is Cc1ccc(-c2csc(N(CC3CCCO3)C(=O)c3cc4c(C)nn(-c5ccccc5)c4s3)n2)cc1. The van der Waals surface area contributed by atoms with Gasteiger partial charge in [0.05, 0.1) is 34.6 Å². The monoisotopic (exact) mass is 514 g/mol. The maximum Gasteiger partial charge on any atom is 0.270 e. The lowest BCUT2D eigenvalue weighted by atomic mass is 10.1. The molecule has 0 aliphatic carbocycles. The molecular weight excluding hydrogens is 488 g/mol. The standard InChI is InChI=1S/C28H26N4O2S2/c1-18-10-12-20(13-11-18)24-17-35-28(29-24)31(16-22-9-6-14-34-22)26(33)25-15-23-19(2)30-32(27(23)36-25)21-7-4-3-5-8-21/h3-5,7-8,10-13,15,17,22H,6,9,14,16H2,1-2H3. The van der Waals surface area contributed by atoms with Gasteiger partial charge in [-0.25, -0.2) is 9.67 Å². The van der Waals surface area contributed by atoms with Crippen molar-refractivity contribution in [3.05, 3.63) is 82.2 Å². The van der Waals surface area contributed by atoms with Crippen LogP contribution in [0.3, 0.4) is 0 Å². The van der Waals surface area contributed by atoms with Crippen molar-refractivity contribution in [2.45, 2.75) is 32.8 Å². The van der Waals surface area contributed by atoms with Crippen molar-refractivity contribution in [3.63, 3.8) is 0 Å². The Hall–Kier alpha value is -3.33. The number of carbonyl (C=O) groups excluding carboxylic acids is 1. The highest BCUT2D eigenvalue weighted by atomic mass is 32.1. The number of benzene rings is 2. The van der Waals surface area contributed by atoms with Gasteiger partial charge in [-0.2, -0.15) is 5.10 Å². The topological polar surface area (TPSA) is 60.2 Å². The van der Waals surface area contributed by atoms with Crippen LogP contribution in [0.25, 0.3) is 27.2 Å². The van der Waals surface area contributed by atoms with Crippen LogP contribution >= 0.6 is 22.7 Å². The third kappa shape index (κ3) is 4.36. The number of aryl methyl sites for hydroxylation is 2. The highest BCUT2D eigenvalue weighted by molar-refractivity contribution is 7.20. The van der Waals surface area contributed by atoms with E-state index in [0.29, 0.717) is 16.6 Å². The summed E-state index contributed by atoms with van der Waals surface area (Å²) >= 11 is 2.98. The summed E-state index contributed by atoms with van der Waals surface area (Å²) in [6.45, 7) is 5.30. The van der Waals surface area contributed by atoms with Crippen LogP contribution in [0, 0.1) is 13.8 Å². The summed E-state index contributed by atoms with van der Waals surface area (Å²) in [6.07, 6.45) is 2.00. The molecule has 2 aromatic carbocycles. The number of hydrogen-bond acceptors (Lipinski definition) is 6. The summed E-state index contributed by atoms with van der Waals surface area (Å²) in [5, 5.41) is 8.45. The number of rotatable bonds is 6. The van der Waals surface area contributed by atoms with Gasteiger partial charge in [0.15, 0.2) is 5.13 Å². The van der Waals surface area contributed by atoms with E-state index in [1.165, 1.54) is 28.2 Å². The van der Waals surface area contributed by atoms with E-state index >= 15 is 0 Å². The smallest absolute Gasteiger partial charge is 0.270 e. The number of ether oxygens (including phenoxy) is 1. The molecule has 0 bridgehead atoms. The second-order valence-electron chi connectivity index (χ2n) is 9.09. The molecule has 8 heteroatoms. The van der Waals surface area contributed by atoms with E-state index in [9.17, 15) is 4.79 Å². The van der Waals surface area contributed by atoms with Gasteiger partial charge in [-0.1, -0.05) is 48.0 Å². The fourth-order valence-electron chi connectivity index (χ4n) is 4.51. The first-order chi connectivity index (χ1) is 17.6. The fraction of sp³-hybridized carbons (Fsp3) is 0.250. The number of anilines is 1. The van der Waals surface area contributed by atoms with Gasteiger partial charge < -0.3 is 4.74 Å². The van der Waals surface area contributed by atoms with Crippen LogP contribution < -0.4 is 4.90 Å². The second-order valence-corrected chi connectivity index (χ2v) is 11.0. The molecule has 1 fully saturated rings. The minimum Gasteiger partial charge on any atom is -0.376 e. The highest BCUT2D eigenvalue weighted by Gasteiger charge is 2.29. The minimum atomic E-state index is -0.0458. The number of thiazole rings is 1. The number of nitrogens with zero attached hydrogens (tertiary/aromatic N) is 4. The molecule has 6 rings (SSSR count). The minimum absolute atomic E-state index is 0.0246. The number of para-hydroxylation sites is 1. The highest BCUT2D eigenvalue weighted by Crippen LogP contribution is 2.34. The average Bonchev–Trinajstić information content (AvgIpc) is 3.69. The molecule has 0 saturated carbocycles. The Labute approximate surface area is 217 Å². The lowest BCUT2D eigenvalue weighted by Gasteiger charge is -2.22. The van der Waals surface area contributed by atoms with Crippen LogP contribution in [0.1, 0.15) is 33.8 Å². The largest absolute Gasteiger partial charge is 0.376 e. The molecular formula is C28H26N4O2S2. The lowest BCUT2D eigenvalue weighted by Crippen LogP contribution is -2.37. The molecule has 4 heterocycles. The number of carbonyl (C=O) groups is 1. The fourth-order valence-corrected chi connectivity index (χ4v) is 6.49. The molecule has 1 aliphatic heterocycles. The second kappa shape index (κ2) is 9.61. The molecule has 1 saturated heterocycles. The Kier molecular flexibility index (Phi) is 6.17. The van der Waals surface area contributed by atoms with E-state index in [-0.39, 0.29) is 12.0 Å². The molecule has 3 aromatic heterocycles. The van der Waals surface area contributed by atoms with Crippen molar-refractivity contribution in [3.8, 4) is 16.9 Å². The van der Waals surface area contributed by atoms with Gasteiger partial charge in [0.25, 0.3) is 5.91 Å². The van der Waals surface area contributed by atoms with E-state index < -0.39 is 0 Å². The van der Waals surface area contributed by atoms with Crippen LogP contribution in [0.4, 0.5) is 5.13 Å². The third-order valence-corrected chi connectivity index (χ3v) is 8.44. The van der Waals surface area contributed by atoms with Crippen molar-refractivity contribution in [1.29, 1.82) is 0 Å². The van der Waals surface area contributed by atoms with Crippen LogP contribution in [0.15, 0.2) is 66.0 Å². The Bertz CT molecular complexity index is 1510. The summed E-state index contributed by atoms with van der Waals surface area (Å²) in [5.41, 5.74) is 5.03. The third-order valence-electron chi connectivity index (χ3n) is 6.48. The van der Waals surface area contributed by atoms with Crippen molar-refractivity contribution in [2.24, 2.45) is 0 Å². The van der Waals surface area contributed by atoms with Gasteiger partial charge in [-0.15, -0.1) is 22.7 Å². The average molecular weight is 515 g/mol. The van der Waals surface area contributed by atoms with Gasteiger partial charge in [0.2, 0.25) is 0 Å². The van der Waals surface area contributed by atoms with Crippen LogP contribution in [-0.2, 0) is 4.74 Å². The Morgan fingerprint density at radius 3 is 2.69 bits per heavy atom. The Morgan fingerprint density at radius 1 is 1.14 bits per heavy atom. The number of thiophene rings is 1. The summed E-state index contributed by atoms with van der Waals surface area (Å²) in [7, 11) is 0. The number of amides is 1. The lowest BCUT2D eigenvalue weighted by molar-refractivity contribution is 0.0920. The van der Waals surface area contributed by atoms with Crippen LogP contribution in [-0.4, -0.2) is 39.9 Å². The molecule has 1 amide bonds. The first kappa shape index (κ1) is 23.1. The summed E-state index contributed by atoms with van der Waals surface area (Å²) < 4.78 is 7.83. The number of aromatic nitrogens is 3. The molecule has 182 valence electrons. The van der Waals surface area contributed by atoms with Gasteiger partial charge in [0.1, 0.15) is 4.83 Å². The first-order valence-electron chi connectivity index (χ1n) is 12.1. The molecule has 36 heavy (non-hydrogen) atoms. The zero-order valence-electron chi connectivity index (χ0n) is 20.2. The molecule has 6 nitrogen and oxygen atoms in total. The van der Waals surface area contributed by atoms with Crippen molar-refractivity contribution in [2.75, 3.05) is 18.1 Å². The molecule has 0 radical (unpaired) electrons. The predicted octanol–water partition coefficient (Wildman–Crippen LogP) is 6.65. The molecule has 5 aromatic rings. The van der Waals surface area contributed by atoms with E-state index in [1.807, 2.05) is 53.4 Å².